The van der Waals surface area contributed by atoms with E-state index in [1.807, 2.05) is 24.5 Å². The highest BCUT2D eigenvalue weighted by Crippen LogP contribution is 2.21. The van der Waals surface area contributed by atoms with Crippen LogP contribution in [0.15, 0.2) is 35.1 Å². The standard InChI is InChI=1S/C13H16BrN3/c1-2-3-13-16-6-7-17(13)9-10-4-5-11(15)8-12(10)14/h4-8H,2-3,9,15H2,1H3. The first-order valence-corrected chi connectivity index (χ1v) is 6.54. The smallest absolute Gasteiger partial charge is 0.108 e. The molecular weight excluding hydrogens is 278 g/mol. The number of aromatic nitrogens is 2. The van der Waals surface area contributed by atoms with Gasteiger partial charge in [-0.05, 0) is 24.1 Å². The molecule has 0 saturated carbocycles. The second kappa shape index (κ2) is 5.36. The van der Waals surface area contributed by atoms with Crippen molar-refractivity contribution in [1.82, 2.24) is 9.55 Å². The number of benzene rings is 1. The highest BCUT2D eigenvalue weighted by Gasteiger charge is 2.05. The molecule has 1 aromatic carbocycles. The molecule has 2 N–H and O–H groups in total. The molecule has 0 aliphatic heterocycles. The van der Waals surface area contributed by atoms with Gasteiger partial charge in [-0.3, -0.25) is 0 Å². The predicted octanol–water partition coefficient (Wildman–Crippen LogP) is 3.23. The second-order valence-corrected chi connectivity index (χ2v) is 4.93. The minimum absolute atomic E-state index is 0.778. The van der Waals surface area contributed by atoms with E-state index in [9.17, 15) is 0 Å². The van der Waals surface area contributed by atoms with Crippen molar-refractivity contribution in [2.75, 3.05) is 5.73 Å². The third kappa shape index (κ3) is 2.88. The fourth-order valence-electron chi connectivity index (χ4n) is 1.81. The predicted molar refractivity (Wildman–Crippen MR) is 73.9 cm³/mol. The molecule has 3 nitrogen and oxygen atoms in total. The van der Waals surface area contributed by atoms with Crippen LogP contribution in [0, 0.1) is 0 Å². The Morgan fingerprint density at radius 3 is 2.94 bits per heavy atom. The van der Waals surface area contributed by atoms with Gasteiger partial charge in [-0.2, -0.15) is 0 Å². The van der Waals surface area contributed by atoms with Gasteiger partial charge in [0.2, 0.25) is 0 Å². The van der Waals surface area contributed by atoms with Gasteiger partial charge in [-0.1, -0.05) is 28.9 Å². The number of halogens is 1. The highest BCUT2D eigenvalue weighted by atomic mass is 79.9. The summed E-state index contributed by atoms with van der Waals surface area (Å²) in [6.45, 7) is 2.99. The number of hydrogen-bond donors (Lipinski definition) is 1. The molecule has 0 amide bonds. The van der Waals surface area contributed by atoms with E-state index >= 15 is 0 Å². The van der Waals surface area contributed by atoms with Crippen molar-refractivity contribution in [2.24, 2.45) is 0 Å². The lowest BCUT2D eigenvalue weighted by molar-refractivity contribution is 0.703. The normalized spacial score (nSPS) is 10.7. The van der Waals surface area contributed by atoms with Crippen LogP contribution < -0.4 is 5.73 Å². The van der Waals surface area contributed by atoms with Crippen LogP contribution in [0.5, 0.6) is 0 Å². The number of anilines is 1. The molecule has 90 valence electrons. The van der Waals surface area contributed by atoms with Crippen molar-refractivity contribution in [3.05, 3.63) is 46.5 Å². The number of rotatable bonds is 4. The van der Waals surface area contributed by atoms with Crippen LogP contribution in [-0.4, -0.2) is 9.55 Å². The highest BCUT2D eigenvalue weighted by molar-refractivity contribution is 9.10. The van der Waals surface area contributed by atoms with Gasteiger partial charge in [0.25, 0.3) is 0 Å². The maximum Gasteiger partial charge on any atom is 0.108 e. The average Bonchev–Trinajstić information content (AvgIpc) is 2.71. The van der Waals surface area contributed by atoms with Gasteiger partial charge >= 0.3 is 0 Å². The fourth-order valence-corrected chi connectivity index (χ4v) is 2.33. The first-order valence-electron chi connectivity index (χ1n) is 5.74. The van der Waals surface area contributed by atoms with Crippen molar-refractivity contribution in [3.8, 4) is 0 Å². The summed E-state index contributed by atoms with van der Waals surface area (Å²) >= 11 is 3.54. The van der Waals surface area contributed by atoms with E-state index in [2.05, 4.69) is 38.5 Å². The molecule has 0 bridgehead atoms. The van der Waals surface area contributed by atoms with Crippen molar-refractivity contribution in [2.45, 2.75) is 26.3 Å². The molecule has 0 fully saturated rings. The minimum Gasteiger partial charge on any atom is -0.399 e. The molecule has 0 aliphatic carbocycles. The number of hydrogen-bond acceptors (Lipinski definition) is 2. The Labute approximate surface area is 110 Å². The fraction of sp³-hybridized carbons (Fsp3) is 0.308. The van der Waals surface area contributed by atoms with Crippen molar-refractivity contribution in [1.29, 1.82) is 0 Å². The molecule has 17 heavy (non-hydrogen) atoms. The summed E-state index contributed by atoms with van der Waals surface area (Å²) in [7, 11) is 0. The number of aryl methyl sites for hydroxylation is 1. The van der Waals surface area contributed by atoms with Gasteiger partial charge in [0, 0.05) is 35.5 Å². The van der Waals surface area contributed by atoms with Gasteiger partial charge in [0.15, 0.2) is 0 Å². The quantitative estimate of drug-likeness (QED) is 0.880. The second-order valence-electron chi connectivity index (χ2n) is 4.07. The van der Waals surface area contributed by atoms with E-state index in [1.54, 1.807) is 0 Å². The molecule has 0 atom stereocenters. The maximum atomic E-state index is 5.73. The van der Waals surface area contributed by atoms with E-state index in [-0.39, 0.29) is 0 Å². The SMILES string of the molecule is CCCc1nccn1Cc1ccc(N)cc1Br. The number of nitrogens with zero attached hydrogens (tertiary/aromatic N) is 2. The first-order chi connectivity index (χ1) is 8.20. The van der Waals surface area contributed by atoms with Gasteiger partial charge in [-0.25, -0.2) is 4.98 Å². The summed E-state index contributed by atoms with van der Waals surface area (Å²) in [6.07, 6.45) is 6.00. The molecule has 0 saturated heterocycles. The largest absolute Gasteiger partial charge is 0.399 e. The van der Waals surface area contributed by atoms with Crippen LogP contribution >= 0.6 is 15.9 Å². The lowest BCUT2D eigenvalue weighted by Crippen LogP contribution is -2.05. The van der Waals surface area contributed by atoms with E-state index in [0.29, 0.717) is 0 Å². The Morgan fingerprint density at radius 1 is 1.41 bits per heavy atom. The topological polar surface area (TPSA) is 43.8 Å². The monoisotopic (exact) mass is 293 g/mol. The summed E-state index contributed by atoms with van der Waals surface area (Å²) in [5.41, 5.74) is 7.72. The number of nitrogens with two attached hydrogens (primary N) is 1. The summed E-state index contributed by atoms with van der Waals surface area (Å²) in [6, 6.07) is 5.91. The van der Waals surface area contributed by atoms with Gasteiger partial charge < -0.3 is 10.3 Å². The molecular formula is C13H16BrN3. The van der Waals surface area contributed by atoms with Crippen molar-refractivity contribution in [3.63, 3.8) is 0 Å². The van der Waals surface area contributed by atoms with Gasteiger partial charge in [-0.15, -0.1) is 0 Å². The third-order valence-electron chi connectivity index (χ3n) is 2.69. The molecule has 1 heterocycles. The Balaban J connectivity index is 2.22. The van der Waals surface area contributed by atoms with E-state index in [1.165, 1.54) is 5.56 Å². The summed E-state index contributed by atoms with van der Waals surface area (Å²) in [4.78, 5) is 4.37. The average molecular weight is 294 g/mol. The third-order valence-corrected chi connectivity index (χ3v) is 3.43. The van der Waals surface area contributed by atoms with Crippen LogP contribution in [0.1, 0.15) is 24.7 Å². The molecule has 0 radical (unpaired) electrons. The number of imidazole rings is 1. The van der Waals surface area contributed by atoms with Crippen LogP contribution in [-0.2, 0) is 13.0 Å². The zero-order valence-corrected chi connectivity index (χ0v) is 11.4. The zero-order chi connectivity index (χ0) is 12.3. The Morgan fingerprint density at radius 2 is 2.24 bits per heavy atom. The Bertz CT molecular complexity index is 505. The van der Waals surface area contributed by atoms with Crippen LogP contribution in [0.25, 0.3) is 0 Å². The van der Waals surface area contributed by atoms with Crippen LogP contribution in [0.4, 0.5) is 5.69 Å². The Kier molecular flexibility index (Phi) is 3.84. The Hall–Kier alpha value is -1.29. The first kappa shape index (κ1) is 12.2. The molecule has 2 aromatic rings. The molecule has 1 aromatic heterocycles. The summed E-state index contributed by atoms with van der Waals surface area (Å²) < 4.78 is 3.23. The van der Waals surface area contributed by atoms with Crippen molar-refractivity contribution < 1.29 is 0 Å². The van der Waals surface area contributed by atoms with Gasteiger partial charge in [0.05, 0.1) is 0 Å². The summed E-state index contributed by atoms with van der Waals surface area (Å²) in [5.74, 6) is 1.14. The van der Waals surface area contributed by atoms with E-state index in [0.717, 1.165) is 35.4 Å². The molecule has 4 heteroatoms. The summed E-state index contributed by atoms with van der Waals surface area (Å²) in [5, 5.41) is 0. The van der Waals surface area contributed by atoms with Gasteiger partial charge in [0.1, 0.15) is 5.82 Å². The molecule has 2 rings (SSSR count). The van der Waals surface area contributed by atoms with E-state index in [4.69, 9.17) is 5.73 Å². The molecule has 0 spiro atoms. The van der Waals surface area contributed by atoms with Crippen LogP contribution in [0.3, 0.4) is 0 Å². The number of nitrogen functional groups attached to an aromatic ring is 1. The van der Waals surface area contributed by atoms with Crippen molar-refractivity contribution >= 4 is 21.6 Å². The van der Waals surface area contributed by atoms with Crippen LogP contribution in [0.2, 0.25) is 0 Å². The lowest BCUT2D eigenvalue weighted by atomic mass is 10.2. The zero-order valence-electron chi connectivity index (χ0n) is 9.86. The molecule has 0 unspecified atom stereocenters. The lowest BCUT2D eigenvalue weighted by Gasteiger charge is -2.09. The maximum absolute atomic E-state index is 5.73. The minimum atomic E-state index is 0.778. The molecule has 0 aliphatic rings. The van der Waals surface area contributed by atoms with E-state index < -0.39 is 0 Å².